The van der Waals surface area contributed by atoms with Crippen LogP contribution in [0.1, 0.15) is 10.4 Å². The second kappa shape index (κ2) is 7.67. The number of nitrogens with one attached hydrogen (secondary N) is 1. The Kier molecular flexibility index (Phi) is 5.35. The molecule has 4 nitrogen and oxygen atoms in total. The van der Waals surface area contributed by atoms with E-state index in [1.807, 2.05) is 24.3 Å². The summed E-state index contributed by atoms with van der Waals surface area (Å²) in [5, 5.41) is 4.00. The quantitative estimate of drug-likeness (QED) is 0.525. The fraction of sp³-hybridized carbons (Fsp3) is 0.111. The van der Waals surface area contributed by atoms with E-state index in [0.717, 1.165) is 15.0 Å². The highest BCUT2D eigenvalue weighted by Gasteiger charge is 2.20. The first kappa shape index (κ1) is 17.4. The van der Waals surface area contributed by atoms with Gasteiger partial charge in [0.2, 0.25) is 5.91 Å². The lowest BCUT2D eigenvalue weighted by atomic mass is 10.1. The molecule has 0 fully saturated rings. The van der Waals surface area contributed by atoms with Gasteiger partial charge in [0.1, 0.15) is 16.4 Å². The molecule has 2 aromatic carbocycles. The molecular formula is C18H14FNO3S2. The molecule has 7 heteroatoms. The summed E-state index contributed by atoms with van der Waals surface area (Å²) in [6.07, 6.45) is 0. The minimum absolute atomic E-state index is 0.153. The largest absolute Gasteiger partial charge is 0.465 e. The van der Waals surface area contributed by atoms with Gasteiger partial charge in [-0.1, -0.05) is 18.2 Å². The number of carbonyl (C=O) groups is 2. The lowest BCUT2D eigenvalue weighted by Gasteiger charge is -2.06. The van der Waals surface area contributed by atoms with Crippen LogP contribution < -0.4 is 5.32 Å². The van der Waals surface area contributed by atoms with Crippen molar-refractivity contribution in [3.05, 3.63) is 59.9 Å². The van der Waals surface area contributed by atoms with Gasteiger partial charge in [-0.25, -0.2) is 9.18 Å². The molecule has 25 heavy (non-hydrogen) atoms. The fourth-order valence-corrected chi connectivity index (χ4v) is 4.09. The van der Waals surface area contributed by atoms with Crippen LogP contribution in [-0.4, -0.2) is 24.7 Å². The maximum Gasteiger partial charge on any atom is 0.341 e. The third-order valence-electron chi connectivity index (χ3n) is 3.42. The molecule has 0 atom stereocenters. The van der Waals surface area contributed by atoms with Crippen LogP contribution in [0.15, 0.2) is 53.4 Å². The van der Waals surface area contributed by atoms with Gasteiger partial charge in [0.05, 0.1) is 12.9 Å². The van der Waals surface area contributed by atoms with E-state index >= 15 is 0 Å². The molecule has 0 aliphatic rings. The molecule has 0 radical (unpaired) electrons. The Morgan fingerprint density at radius 1 is 1.16 bits per heavy atom. The summed E-state index contributed by atoms with van der Waals surface area (Å²) in [6.45, 7) is 0. The summed E-state index contributed by atoms with van der Waals surface area (Å²) in [6, 6.07) is 13.3. The SMILES string of the molecule is COC(=O)c1c(NC(=O)CSc2ccc(F)cc2)sc2ccccc12. The van der Waals surface area contributed by atoms with Crippen molar-refractivity contribution < 1.29 is 18.7 Å². The van der Waals surface area contributed by atoms with Gasteiger partial charge in [0, 0.05) is 15.0 Å². The van der Waals surface area contributed by atoms with Crippen LogP contribution in [-0.2, 0) is 9.53 Å². The zero-order chi connectivity index (χ0) is 17.8. The van der Waals surface area contributed by atoms with Gasteiger partial charge in [-0.3, -0.25) is 4.79 Å². The number of anilines is 1. The Balaban J connectivity index is 1.76. The summed E-state index contributed by atoms with van der Waals surface area (Å²) in [5.74, 6) is -0.896. The minimum atomic E-state index is -0.487. The van der Waals surface area contributed by atoms with E-state index in [1.54, 1.807) is 12.1 Å². The predicted octanol–water partition coefficient (Wildman–Crippen LogP) is 4.56. The number of hydrogen-bond donors (Lipinski definition) is 1. The standard InChI is InChI=1S/C18H14FNO3S2/c1-23-18(22)16-13-4-2-3-5-14(13)25-17(16)20-15(21)10-24-12-8-6-11(19)7-9-12/h2-9H,10H2,1H3,(H,20,21). The summed E-state index contributed by atoms with van der Waals surface area (Å²) in [5.41, 5.74) is 0.364. The van der Waals surface area contributed by atoms with Crippen molar-refractivity contribution in [2.24, 2.45) is 0 Å². The third-order valence-corrected chi connectivity index (χ3v) is 5.52. The molecule has 1 heterocycles. The molecule has 0 unspecified atom stereocenters. The third kappa shape index (κ3) is 4.00. The number of fused-ring (bicyclic) bond motifs is 1. The summed E-state index contributed by atoms with van der Waals surface area (Å²) in [7, 11) is 1.31. The van der Waals surface area contributed by atoms with Crippen molar-refractivity contribution in [1.29, 1.82) is 0 Å². The normalized spacial score (nSPS) is 10.6. The van der Waals surface area contributed by atoms with Gasteiger partial charge >= 0.3 is 5.97 Å². The van der Waals surface area contributed by atoms with Crippen molar-refractivity contribution >= 4 is 50.1 Å². The molecule has 0 bridgehead atoms. The number of amides is 1. The lowest BCUT2D eigenvalue weighted by molar-refractivity contribution is -0.113. The van der Waals surface area contributed by atoms with Gasteiger partial charge < -0.3 is 10.1 Å². The molecule has 128 valence electrons. The van der Waals surface area contributed by atoms with E-state index in [-0.39, 0.29) is 17.5 Å². The monoisotopic (exact) mass is 375 g/mol. The van der Waals surface area contributed by atoms with E-state index in [0.29, 0.717) is 10.6 Å². The van der Waals surface area contributed by atoms with Gasteiger partial charge in [-0.2, -0.15) is 0 Å². The number of thiophene rings is 1. The molecule has 0 spiro atoms. The van der Waals surface area contributed by atoms with Crippen LogP contribution in [0, 0.1) is 5.82 Å². The summed E-state index contributed by atoms with van der Waals surface area (Å²) >= 11 is 2.62. The van der Waals surface area contributed by atoms with Crippen molar-refractivity contribution in [1.82, 2.24) is 0 Å². The molecule has 1 aromatic heterocycles. The maximum atomic E-state index is 12.9. The Labute approximate surface area is 152 Å². The van der Waals surface area contributed by atoms with Gasteiger partial charge in [0.15, 0.2) is 0 Å². The molecule has 0 saturated carbocycles. The van der Waals surface area contributed by atoms with E-state index in [1.165, 1.54) is 42.3 Å². The topological polar surface area (TPSA) is 55.4 Å². The molecule has 3 rings (SSSR count). The minimum Gasteiger partial charge on any atom is -0.465 e. The number of halogens is 1. The van der Waals surface area contributed by atoms with Crippen LogP contribution in [0.2, 0.25) is 0 Å². The molecule has 1 amide bonds. The first-order valence-electron chi connectivity index (χ1n) is 7.36. The zero-order valence-corrected chi connectivity index (χ0v) is 14.9. The van der Waals surface area contributed by atoms with Crippen LogP contribution in [0.3, 0.4) is 0 Å². The summed E-state index contributed by atoms with van der Waals surface area (Å²) in [4.78, 5) is 25.1. The zero-order valence-electron chi connectivity index (χ0n) is 13.2. The van der Waals surface area contributed by atoms with E-state index in [2.05, 4.69) is 5.32 Å². The first-order chi connectivity index (χ1) is 12.1. The number of thioether (sulfide) groups is 1. The number of rotatable bonds is 5. The highest BCUT2D eigenvalue weighted by molar-refractivity contribution is 8.00. The molecule has 1 N–H and O–H groups in total. The van der Waals surface area contributed by atoms with Crippen LogP contribution in [0.5, 0.6) is 0 Å². The Hall–Kier alpha value is -2.38. The smallest absolute Gasteiger partial charge is 0.341 e. The number of ether oxygens (including phenoxy) is 1. The Bertz CT molecular complexity index is 922. The molecule has 0 aliphatic heterocycles. The van der Waals surface area contributed by atoms with Crippen LogP contribution in [0.25, 0.3) is 10.1 Å². The number of hydrogen-bond acceptors (Lipinski definition) is 5. The van der Waals surface area contributed by atoms with Crippen LogP contribution in [0.4, 0.5) is 9.39 Å². The Morgan fingerprint density at radius 3 is 2.60 bits per heavy atom. The van der Waals surface area contributed by atoms with Gasteiger partial charge in [-0.05, 0) is 30.3 Å². The maximum absolute atomic E-state index is 12.9. The fourth-order valence-electron chi connectivity index (χ4n) is 2.28. The summed E-state index contributed by atoms with van der Waals surface area (Å²) < 4.78 is 18.6. The van der Waals surface area contributed by atoms with Crippen molar-refractivity contribution in [2.75, 3.05) is 18.2 Å². The predicted molar refractivity (Wildman–Crippen MR) is 98.9 cm³/mol. The van der Waals surface area contributed by atoms with Crippen molar-refractivity contribution in [3.63, 3.8) is 0 Å². The average molecular weight is 375 g/mol. The molecule has 0 aliphatic carbocycles. The van der Waals surface area contributed by atoms with Crippen LogP contribution >= 0.6 is 23.1 Å². The molecule has 0 saturated heterocycles. The second-order valence-electron chi connectivity index (χ2n) is 5.08. The first-order valence-corrected chi connectivity index (χ1v) is 9.17. The number of esters is 1. The van der Waals surface area contributed by atoms with Gasteiger partial charge in [-0.15, -0.1) is 23.1 Å². The van der Waals surface area contributed by atoms with E-state index in [9.17, 15) is 14.0 Å². The molecule has 3 aromatic rings. The Morgan fingerprint density at radius 2 is 1.88 bits per heavy atom. The second-order valence-corrected chi connectivity index (χ2v) is 7.19. The van der Waals surface area contributed by atoms with Crippen molar-refractivity contribution in [2.45, 2.75) is 4.90 Å². The number of benzene rings is 2. The highest BCUT2D eigenvalue weighted by Crippen LogP contribution is 2.36. The van der Waals surface area contributed by atoms with E-state index in [4.69, 9.17) is 4.74 Å². The lowest BCUT2D eigenvalue weighted by Crippen LogP contribution is -2.15. The number of carbonyl (C=O) groups excluding carboxylic acids is 2. The molecular weight excluding hydrogens is 361 g/mol. The van der Waals surface area contributed by atoms with E-state index < -0.39 is 5.97 Å². The highest BCUT2D eigenvalue weighted by atomic mass is 32.2. The average Bonchev–Trinajstić information content (AvgIpc) is 2.98. The van der Waals surface area contributed by atoms with Crippen molar-refractivity contribution in [3.8, 4) is 0 Å². The van der Waals surface area contributed by atoms with Gasteiger partial charge in [0.25, 0.3) is 0 Å². The number of methoxy groups -OCH3 is 1.